The van der Waals surface area contributed by atoms with Crippen molar-refractivity contribution >= 4 is 11.4 Å². The van der Waals surface area contributed by atoms with E-state index in [1.54, 1.807) is 0 Å². The highest BCUT2D eigenvalue weighted by molar-refractivity contribution is 5.76. The predicted octanol–water partition coefficient (Wildman–Crippen LogP) is 9.70. The lowest BCUT2D eigenvalue weighted by molar-refractivity contribution is 0.210. The maximum Gasteiger partial charge on any atom is 0.146 e. The molecule has 5 aliphatic rings. The normalized spacial score (nSPS) is 27.0. The van der Waals surface area contributed by atoms with Crippen LogP contribution in [-0.4, -0.2) is 5.60 Å². The van der Waals surface area contributed by atoms with Crippen LogP contribution in [0.15, 0.2) is 156 Å². The number of rotatable bonds is 4. The van der Waals surface area contributed by atoms with E-state index in [9.17, 15) is 0 Å². The highest BCUT2D eigenvalue weighted by atomic mass is 16.5. The van der Waals surface area contributed by atoms with E-state index in [0.717, 1.165) is 18.6 Å². The zero-order chi connectivity index (χ0) is 28.1. The number of ether oxygens (including phenoxy) is 1. The quantitative estimate of drug-likeness (QED) is 0.254. The van der Waals surface area contributed by atoms with E-state index in [0.29, 0.717) is 5.92 Å². The van der Waals surface area contributed by atoms with Crippen molar-refractivity contribution in [1.29, 1.82) is 0 Å². The molecular weight excluding hydrogens is 510 g/mol. The van der Waals surface area contributed by atoms with E-state index in [-0.39, 0.29) is 16.4 Å². The summed E-state index contributed by atoms with van der Waals surface area (Å²) in [6.45, 7) is 4.83. The lowest BCUT2D eigenvalue weighted by Gasteiger charge is -2.34. The molecule has 1 fully saturated rings. The van der Waals surface area contributed by atoms with Gasteiger partial charge in [0, 0.05) is 40.4 Å². The van der Waals surface area contributed by atoms with Crippen LogP contribution in [0, 0.1) is 11.3 Å². The Morgan fingerprint density at radius 3 is 2.19 bits per heavy atom. The molecule has 0 radical (unpaired) electrons. The van der Waals surface area contributed by atoms with Crippen LogP contribution in [0.3, 0.4) is 0 Å². The molecule has 204 valence electrons. The lowest BCUT2D eigenvalue weighted by Crippen LogP contribution is -2.31. The number of allylic oxidation sites excluding steroid dienone is 5. The van der Waals surface area contributed by atoms with Gasteiger partial charge in [-0.2, -0.15) is 0 Å². The Morgan fingerprint density at radius 1 is 0.738 bits per heavy atom. The topological polar surface area (TPSA) is 12.5 Å². The van der Waals surface area contributed by atoms with E-state index in [2.05, 4.69) is 152 Å². The SMILES string of the molecule is CC1(C)C2=CC(N(c3ccccc3)c3ccc(-c4ccccc4)cc3)=CCC2C2=C1C=CC13CC21Oc1ccccc13. The minimum atomic E-state index is -0.212. The molecule has 0 aromatic heterocycles. The van der Waals surface area contributed by atoms with E-state index >= 15 is 0 Å². The summed E-state index contributed by atoms with van der Waals surface area (Å²) in [4.78, 5) is 2.42. The van der Waals surface area contributed by atoms with Gasteiger partial charge in [-0.3, -0.25) is 0 Å². The first-order valence-corrected chi connectivity index (χ1v) is 15.2. The summed E-state index contributed by atoms with van der Waals surface area (Å²) in [5, 5.41) is 0. The summed E-state index contributed by atoms with van der Waals surface area (Å²) < 4.78 is 6.91. The summed E-state index contributed by atoms with van der Waals surface area (Å²) >= 11 is 0. The molecule has 0 amide bonds. The van der Waals surface area contributed by atoms with Gasteiger partial charge in [0.15, 0.2) is 0 Å². The highest BCUT2D eigenvalue weighted by Crippen LogP contribution is 2.76. The van der Waals surface area contributed by atoms with Crippen LogP contribution in [0.1, 0.15) is 32.3 Å². The van der Waals surface area contributed by atoms with Crippen molar-refractivity contribution in [3.05, 3.63) is 161 Å². The van der Waals surface area contributed by atoms with Gasteiger partial charge in [0.2, 0.25) is 0 Å². The van der Waals surface area contributed by atoms with Crippen LogP contribution >= 0.6 is 0 Å². The van der Waals surface area contributed by atoms with Gasteiger partial charge in [-0.25, -0.2) is 0 Å². The first-order valence-electron chi connectivity index (χ1n) is 15.2. The number of anilines is 2. The van der Waals surface area contributed by atoms with Crippen molar-refractivity contribution in [3.8, 4) is 16.9 Å². The van der Waals surface area contributed by atoms with Crippen LogP contribution in [-0.2, 0) is 5.41 Å². The van der Waals surface area contributed by atoms with Gasteiger partial charge in [0.05, 0.1) is 5.41 Å². The standard InChI is InChI=1S/C40H33NO/c1-38(2)34-23-24-39-26-40(39,42-36-16-10-9-15-33(36)39)37(34)32-22-21-31(25-35(32)38)41(29-13-7-4-8-14-29)30-19-17-28(18-20-30)27-11-5-3-6-12-27/h3-21,23-25,32H,22,26H2,1-2H3. The zero-order valence-electron chi connectivity index (χ0n) is 24.0. The van der Waals surface area contributed by atoms with Crippen molar-refractivity contribution in [1.82, 2.24) is 0 Å². The third kappa shape index (κ3) is 3.05. The molecule has 2 nitrogen and oxygen atoms in total. The molecule has 2 heteroatoms. The third-order valence-electron chi connectivity index (χ3n) is 10.5. The van der Waals surface area contributed by atoms with Gasteiger partial charge in [-0.05, 0) is 65.1 Å². The third-order valence-corrected chi connectivity index (χ3v) is 10.5. The molecule has 0 spiro atoms. The number of benzene rings is 4. The van der Waals surface area contributed by atoms with Gasteiger partial charge in [0.1, 0.15) is 11.4 Å². The smallest absolute Gasteiger partial charge is 0.146 e. The van der Waals surface area contributed by atoms with Gasteiger partial charge in [0.25, 0.3) is 0 Å². The van der Waals surface area contributed by atoms with Crippen LogP contribution in [0.2, 0.25) is 0 Å². The fourth-order valence-corrected chi connectivity index (χ4v) is 8.46. The minimum Gasteiger partial charge on any atom is -0.481 e. The van der Waals surface area contributed by atoms with E-state index in [1.807, 2.05) is 0 Å². The molecule has 1 heterocycles. The Hall–Kier alpha value is -4.56. The van der Waals surface area contributed by atoms with Gasteiger partial charge < -0.3 is 9.64 Å². The molecule has 1 saturated carbocycles. The summed E-state index contributed by atoms with van der Waals surface area (Å²) in [6, 6.07) is 39.1. The maximum absolute atomic E-state index is 6.91. The van der Waals surface area contributed by atoms with Crippen molar-refractivity contribution in [2.45, 2.75) is 37.7 Å². The number of hydrogen-bond acceptors (Lipinski definition) is 2. The Morgan fingerprint density at radius 2 is 1.40 bits per heavy atom. The Kier molecular flexibility index (Phi) is 4.73. The second-order valence-electron chi connectivity index (χ2n) is 13.0. The first-order chi connectivity index (χ1) is 20.5. The second kappa shape index (κ2) is 8.26. The fraction of sp³-hybridized carbons (Fsp3) is 0.200. The second-order valence-corrected chi connectivity index (χ2v) is 13.0. The van der Waals surface area contributed by atoms with Crippen molar-refractivity contribution in [2.24, 2.45) is 11.3 Å². The molecule has 4 aromatic carbocycles. The molecule has 4 aliphatic carbocycles. The Balaban J connectivity index is 1.11. The molecule has 0 bridgehead atoms. The lowest BCUT2D eigenvalue weighted by atomic mass is 9.76. The number of para-hydroxylation sites is 2. The summed E-state index contributed by atoms with van der Waals surface area (Å²) in [6.07, 6.45) is 11.9. The first kappa shape index (κ1) is 24.1. The largest absolute Gasteiger partial charge is 0.481 e. The summed E-state index contributed by atoms with van der Waals surface area (Å²) in [7, 11) is 0. The van der Waals surface area contributed by atoms with Crippen LogP contribution < -0.4 is 9.64 Å². The Labute approximate surface area is 248 Å². The number of hydrogen-bond donors (Lipinski definition) is 0. The van der Waals surface area contributed by atoms with Gasteiger partial charge in [-0.1, -0.05) is 117 Å². The monoisotopic (exact) mass is 543 g/mol. The minimum absolute atomic E-state index is 0.00845. The molecule has 0 saturated heterocycles. The highest BCUT2D eigenvalue weighted by Gasteiger charge is 2.79. The molecule has 9 rings (SSSR count). The number of fused-ring (bicyclic) bond motifs is 3. The molecule has 0 N–H and O–H groups in total. The van der Waals surface area contributed by atoms with Crippen molar-refractivity contribution in [3.63, 3.8) is 0 Å². The van der Waals surface area contributed by atoms with Gasteiger partial charge >= 0.3 is 0 Å². The van der Waals surface area contributed by atoms with Crippen LogP contribution in [0.4, 0.5) is 11.4 Å². The van der Waals surface area contributed by atoms with E-state index in [4.69, 9.17) is 4.74 Å². The molecule has 1 aliphatic heterocycles. The molecule has 3 unspecified atom stereocenters. The molecule has 4 aromatic rings. The zero-order valence-corrected chi connectivity index (χ0v) is 24.0. The van der Waals surface area contributed by atoms with Crippen LogP contribution in [0.25, 0.3) is 11.1 Å². The average molecular weight is 544 g/mol. The Bertz CT molecular complexity index is 1880. The van der Waals surface area contributed by atoms with Crippen LogP contribution in [0.5, 0.6) is 5.75 Å². The summed E-state index contributed by atoms with van der Waals surface area (Å²) in [5.74, 6) is 1.44. The van der Waals surface area contributed by atoms with E-state index < -0.39 is 0 Å². The molecule has 3 atom stereocenters. The maximum atomic E-state index is 6.91. The van der Waals surface area contributed by atoms with E-state index in [1.165, 1.54) is 50.5 Å². The number of nitrogens with zero attached hydrogens (tertiary/aromatic N) is 1. The van der Waals surface area contributed by atoms with Crippen molar-refractivity contribution in [2.75, 3.05) is 4.90 Å². The molecule has 42 heavy (non-hydrogen) atoms. The summed E-state index contributed by atoms with van der Waals surface area (Å²) in [5.41, 5.74) is 11.7. The average Bonchev–Trinajstić information content (AvgIpc) is 3.54. The predicted molar refractivity (Wildman–Crippen MR) is 171 cm³/mol. The fourth-order valence-electron chi connectivity index (χ4n) is 8.46. The molecular formula is C40H33NO. The van der Waals surface area contributed by atoms with Crippen molar-refractivity contribution < 1.29 is 4.74 Å². The van der Waals surface area contributed by atoms with Gasteiger partial charge in [-0.15, -0.1) is 0 Å².